The minimum absolute atomic E-state index is 0.0597. The summed E-state index contributed by atoms with van der Waals surface area (Å²) >= 11 is 0. The number of carbonyl (C=O) groups is 1. The number of piperazine rings is 1. The number of anilines is 1. The van der Waals surface area contributed by atoms with Crippen LogP contribution in [-0.2, 0) is 10.0 Å². The van der Waals surface area contributed by atoms with Gasteiger partial charge in [-0.2, -0.15) is 4.31 Å². The summed E-state index contributed by atoms with van der Waals surface area (Å²) in [5.74, 6) is -0.231. The van der Waals surface area contributed by atoms with Crippen LogP contribution in [0.2, 0.25) is 0 Å². The van der Waals surface area contributed by atoms with Crippen molar-refractivity contribution in [2.24, 2.45) is 5.73 Å². The summed E-state index contributed by atoms with van der Waals surface area (Å²) in [7, 11) is -3.61. The molecule has 1 amide bonds. The molecule has 0 radical (unpaired) electrons. The van der Waals surface area contributed by atoms with Crippen molar-refractivity contribution in [3.8, 4) is 0 Å². The van der Waals surface area contributed by atoms with Gasteiger partial charge in [0, 0.05) is 43.0 Å². The molecule has 2 aromatic carbocycles. The molecule has 27 heavy (non-hydrogen) atoms. The van der Waals surface area contributed by atoms with Crippen LogP contribution >= 0.6 is 0 Å². The molecule has 2 aromatic rings. The Morgan fingerprint density at radius 3 is 1.93 bits per heavy atom. The predicted octanol–water partition coefficient (Wildman–Crippen LogP) is 0.700. The average molecular weight is 387 g/mol. The fourth-order valence-corrected chi connectivity index (χ4v) is 4.32. The second-order valence-electron chi connectivity index (χ2n) is 6.26. The standard InChI is InChI=1S/C18H21N5O3S/c19-15-5-7-16(8-6-15)27(25,26)23-11-9-22(10-12-23)18(24)14-3-1-13(2-4-14)17(20)21/h1-8H,9-12,19H2,(H3,20,21). The number of nitrogens with two attached hydrogens (primary N) is 2. The molecule has 0 aliphatic carbocycles. The Morgan fingerprint density at radius 1 is 0.889 bits per heavy atom. The number of hydrogen-bond donors (Lipinski definition) is 3. The van der Waals surface area contributed by atoms with Gasteiger partial charge in [-0.05, 0) is 36.4 Å². The van der Waals surface area contributed by atoms with Gasteiger partial charge in [-0.1, -0.05) is 12.1 Å². The Hall–Kier alpha value is -2.91. The molecule has 0 bridgehead atoms. The first-order chi connectivity index (χ1) is 12.8. The molecule has 1 saturated heterocycles. The topological polar surface area (TPSA) is 134 Å². The maximum Gasteiger partial charge on any atom is 0.253 e. The summed E-state index contributed by atoms with van der Waals surface area (Å²) in [5, 5.41) is 7.39. The van der Waals surface area contributed by atoms with Crippen LogP contribution in [-0.4, -0.2) is 55.5 Å². The quantitative estimate of drug-likeness (QED) is 0.403. The Bertz CT molecular complexity index is 947. The van der Waals surface area contributed by atoms with Crippen molar-refractivity contribution in [2.45, 2.75) is 4.90 Å². The van der Waals surface area contributed by atoms with E-state index in [1.807, 2.05) is 0 Å². The molecule has 5 N–H and O–H groups in total. The van der Waals surface area contributed by atoms with Crippen molar-refractivity contribution < 1.29 is 13.2 Å². The van der Waals surface area contributed by atoms with Gasteiger partial charge in [-0.15, -0.1) is 0 Å². The van der Waals surface area contributed by atoms with Crippen molar-refractivity contribution in [3.63, 3.8) is 0 Å². The monoisotopic (exact) mass is 387 g/mol. The smallest absolute Gasteiger partial charge is 0.253 e. The third-order valence-corrected chi connectivity index (χ3v) is 6.40. The van der Waals surface area contributed by atoms with Crippen LogP contribution < -0.4 is 11.5 Å². The number of nitrogens with zero attached hydrogens (tertiary/aromatic N) is 2. The van der Waals surface area contributed by atoms with Gasteiger partial charge in [0.15, 0.2) is 0 Å². The highest BCUT2D eigenvalue weighted by molar-refractivity contribution is 7.89. The molecule has 9 heteroatoms. The van der Waals surface area contributed by atoms with Crippen LogP contribution in [0.5, 0.6) is 0 Å². The van der Waals surface area contributed by atoms with Crippen molar-refractivity contribution in [3.05, 3.63) is 59.7 Å². The van der Waals surface area contributed by atoms with Crippen LogP contribution in [0.4, 0.5) is 5.69 Å². The van der Waals surface area contributed by atoms with Gasteiger partial charge in [-0.25, -0.2) is 8.42 Å². The Balaban J connectivity index is 1.66. The first-order valence-electron chi connectivity index (χ1n) is 8.38. The average Bonchev–Trinajstić information content (AvgIpc) is 2.68. The summed E-state index contributed by atoms with van der Waals surface area (Å²) in [5.41, 5.74) is 12.6. The van der Waals surface area contributed by atoms with Crippen LogP contribution in [0.25, 0.3) is 0 Å². The van der Waals surface area contributed by atoms with Crippen molar-refractivity contribution in [1.29, 1.82) is 5.41 Å². The second kappa shape index (κ2) is 7.37. The molecule has 0 spiro atoms. The Morgan fingerprint density at radius 2 is 1.41 bits per heavy atom. The zero-order chi connectivity index (χ0) is 19.6. The van der Waals surface area contributed by atoms with Gasteiger partial charge < -0.3 is 16.4 Å². The molecule has 3 rings (SSSR count). The van der Waals surface area contributed by atoms with E-state index >= 15 is 0 Å². The first-order valence-corrected chi connectivity index (χ1v) is 9.82. The number of amidine groups is 1. The first kappa shape index (κ1) is 18.9. The maximum absolute atomic E-state index is 12.7. The molecule has 1 aliphatic heterocycles. The number of nitrogen functional groups attached to an aromatic ring is 2. The highest BCUT2D eigenvalue weighted by Gasteiger charge is 2.30. The zero-order valence-electron chi connectivity index (χ0n) is 14.6. The number of rotatable bonds is 4. The molecule has 0 unspecified atom stereocenters. The number of nitrogens with one attached hydrogen (secondary N) is 1. The van der Waals surface area contributed by atoms with Gasteiger partial charge in [0.2, 0.25) is 10.0 Å². The van der Waals surface area contributed by atoms with E-state index in [0.29, 0.717) is 29.9 Å². The lowest BCUT2D eigenvalue weighted by atomic mass is 10.1. The van der Waals surface area contributed by atoms with E-state index < -0.39 is 10.0 Å². The van der Waals surface area contributed by atoms with Gasteiger partial charge >= 0.3 is 0 Å². The van der Waals surface area contributed by atoms with Crippen molar-refractivity contribution in [1.82, 2.24) is 9.21 Å². The lowest BCUT2D eigenvalue weighted by Gasteiger charge is -2.34. The lowest BCUT2D eigenvalue weighted by Crippen LogP contribution is -2.50. The van der Waals surface area contributed by atoms with E-state index in [4.69, 9.17) is 16.9 Å². The summed E-state index contributed by atoms with van der Waals surface area (Å²) < 4.78 is 26.8. The van der Waals surface area contributed by atoms with E-state index in [0.717, 1.165) is 0 Å². The van der Waals surface area contributed by atoms with E-state index in [-0.39, 0.29) is 29.7 Å². The summed E-state index contributed by atoms with van der Waals surface area (Å²) in [4.78, 5) is 14.4. The molecule has 8 nitrogen and oxygen atoms in total. The highest BCUT2D eigenvalue weighted by Crippen LogP contribution is 2.19. The molecule has 1 heterocycles. The summed E-state index contributed by atoms with van der Waals surface area (Å²) in [6.45, 7) is 1.07. The maximum atomic E-state index is 12.7. The van der Waals surface area contributed by atoms with Gasteiger partial charge in [0.25, 0.3) is 5.91 Å². The molecular weight excluding hydrogens is 366 g/mol. The second-order valence-corrected chi connectivity index (χ2v) is 8.19. The van der Waals surface area contributed by atoms with Gasteiger partial charge in [0.1, 0.15) is 5.84 Å². The Kier molecular flexibility index (Phi) is 5.15. The summed E-state index contributed by atoms with van der Waals surface area (Å²) in [6, 6.07) is 12.6. The van der Waals surface area contributed by atoms with E-state index in [1.165, 1.54) is 16.4 Å². The number of carbonyl (C=O) groups excluding carboxylic acids is 1. The number of sulfonamides is 1. The minimum atomic E-state index is -3.61. The molecule has 0 atom stereocenters. The highest BCUT2D eigenvalue weighted by atomic mass is 32.2. The molecule has 142 valence electrons. The van der Waals surface area contributed by atoms with E-state index in [2.05, 4.69) is 0 Å². The van der Waals surface area contributed by atoms with Crippen molar-refractivity contribution in [2.75, 3.05) is 31.9 Å². The fraction of sp³-hybridized carbons (Fsp3) is 0.222. The van der Waals surface area contributed by atoms with Crippen LogP contribution in [0, 0.1) is 5.41 Å². The number of hydrogen-bond acceptors (Lipinski definition) is 5. The molecule has 0 aromatic heterocycles. The normalized spacial score (nSPS) is 15.5. The Labute approximate surface area is 157 Å². The number of amides is 1. The SMILES string of the molecule is N=C(N)c1ccc(C(=O)N2CCN(S(=O)(=O)c3ccc(N)cc3)CC2)cc1. The van der Waals surface area contributed by atoms with E-state index in [9.17, 15) is 13.2 Å². The van der Waals surface area contributed by atoms with E-state index in [1.54, 1.807) is 41.3 Å². The lowest BCUT2D eigenvalue weighted by molar-refractivity contribution is 0.0698. The van der Waals surface area contributed by atoms with Crippen molar-refractivity contribution >= 4 is 27.5 Å². The largest absolute Gasteiger partial charge is 0.399 e. The van der Waals surface area contributed by atoms with Gasteiger partial charge in [0.05, 0.1) is 4.90 Å². The van der Waals surface area contributed by atoms with Crippen LogP contribution in [0.15, 0.2) is 53.4 Å². The third kappa shape index (κ3) is 3.93. The zero-order valence-corrected chi connectivity index (χ0v) is 15.4. The fourth-order valence-electron chi connectivity index (χ4n) is 2.90. The molecule has 1 aliphatic rings. The van der Waals surface area contributed by atoms with Crippen LogP contribution in [0.3, 0.4) is 0 Å². The molecule has 1 fully saturated rings. The summed E-state index contributed by atoms with van der Waals surface area (Å²) in [6.07, 6.45) is 0. The predicted molar refractivity (Wildman–Crippen MR) is 103 cm³/mol. The van der Waals surface area contributed by atoms with Crippen LogP contribution in [0.1, 0.15) is 15.9 Å². The molecule has 0 saturated carbocycles. The third-order valence-electron chi connectivity index (χ3n) is 4.49. The molecular formula is C18H21N5O3S. The number of benzene rings is 2. The van der Waals surface area contributed by atoms with Gasteiger partial charge in [-0.3, -0.25) is 10.2 Å². The minimum Gasteiger partial charge on any atom is -0.399 e.